The van der Waals surface area contributed by atoms with Gasteiger partial charge in [0.05, 0.1) is 5.69 Å². The summed E-state index contributed by atoms with van der Waals surface area (Å²) in [5, 5.41) is 10.4. The number of carbonyl (C=O) groups is 3. The summed E-state index contributed by atoms with van der Waals surface area (Å²) in [7, 11) is 0. The minimum atomic E-state index is -0.773. The van der Waals surface area contributed by atoms with Gasteiger partial charge in [-0.05, 0) is 25.0 Å². The highest BCUT2D eigenvalue weighted by Gasteiger charge is 2.51. The first-order valence-corrected chi connectivity index (χ1v) is 11.2. The van der Waals surface area contributed by atoms with E-state index >= 15 is 0 Å². The van der Waals surface area contributed by atoms with Crippen molar-refractivity contribution in [2.24, 2.45) is 0 Å². The van der Waals surface area contributed by atoms with Crippen LogP contribution in [0.4, 0.5) is 10.6 Å². The summed E-state index contributed by atoms with van der Waals surface area (Å²) in [6.07, 6.45) is 5.93. The summed E-state index contributed by atoms with van der Waals surface area (Å²) in [5.41, 5.74) is -0.175. The Bertz CT molecular complexity index is 1020. The second-order valence-electron chi connectivity index (χ2n) is 9.59. The van der Waals surface area contributed by atoms with Crippen molar-refractivity contribution in [3.8, 4) is 5.82 Å². The molecule has 2 aliphatic rings. The van der Waals surface area contributed by atoms with Gasteiger partial charge in [0.25, 0.3) is 5.91 Å². The van der Waals surface area contributed by atoms with Crippen LogP contribution >= 0.6 is 0 Å². The van der Waals surface area contributed by atoms with Gasteiger partial charge in [-0.25, -0.2) is 9.78 Å². The highest BCUT2D eigenvalue weighted by atomic mass is 16.2. The van der Waals surface area contributed by atoms with Crippen molar-refractivity contribution in [1.29, 1.82) is 0 Å². The van der Waals surface area contributed by atoms with E-state index in [1.54, 1.807) is 10.9 Å². The average molecular weight is 439 g/mol. The van der Waals surface area contributed by atoms with Crippen molar-refractivity contribution < 1.29 is 14.4 Å². The van der Waals surface area contributed by atoms with Crippen LogP contribution in [0.2, 0.25) is 0 Å². The zero-order chi connectivity index (χ0) is 22.9. The molecule has 0 radical (unpaired) electrons. The van der Waals surface area contributed by atoms with E-state index in [9.17, 15) is 14.4 Å². The second-order valence-corrected chi connectivity index (χ2v) is 9.59. The fraction of sp³-hybridized carbons (Fsp3) is 0.522. The van der Waals surface area contributed by atoms with Gasteiger partial charge in [-0.1, -0.05) is 46.1 Å². The Labute approximate surface area is 187 Å². The van der Waals surface area contributed by atoms with Crippen LogP contribution in [0, 0.1) is 0 Å². The molecule has 9 heteroatoms. The number of anilines is 1. The standard InChI is InChI=1S/C23H30N6O3/c1-22(2,3)16-15-18(29(27-16)17-9-5-8-13-24-17)25-19(30)10-14-28-20(31)23(26-21(28)32)11-6-4-7-12-23/h5,8-9,13,15H,4,6-7,10-12,14H2,1-3H3,(H,25,30)(H,26,32). The molecule has 170 valence electrons. The fourth-order valence-electron chi connectivity index (χ4n) is 4.28. The summed E-state index contributed by atoms with van der Waals surface area (Å²) in [6.45, 7) is 6.18. The Balaban J connectivity index is 1.46. The first kappa shape index (κ1) is 22.0. The molecule has 4 amide bonds. The van der Waals surface area contributed by atoms with E-state index in [-0.39, 0.29) is 30.2 Å². The molecule has 1 saturated heterocycles. The lowest BCUT2D eigenvalue weighted by Gasteiger charge is -2.30. The minimum absolute atomic E-state index is 0.00743. The maximum absolute atomic E-state index is 12.9. The fourth-order valence-corrected chi connectivity index (χ4v) is 4.28. The largest absolute Gasteiger partial charge is 0.325 e. The van der Waals surface area contributed by atoms with Crippen LogP contribution in [0.3, 0.4) is 0 Å². The minimum Gasteiger partial charge on any atom is -0.323 e. The molecule has 2 aromatic heterocycles. The molecule has 0 atom stereocenters. The number of hydrogen-bond acceptors (Lipinski definition) is 5. The van der Waals surface area contributed by atoms with E-state index in [1.165, 1.54) is 4.90 Å². The van der Waals surface area contributed by atoms with Crippen molar-refractivity contribution in [2.75, 3.05) is 11.9 Å². The average Bonchev–Trinajstić information content (AvgIpc) is 3.27. The number of rotatable bonds is 5. The number of urea groups is 1. The van der Waals surface area contributed by atoms with Crippen LogP contribution in [-0.4, -0.2) is 49.6 Å². The Morgan fingerprint density at radius 1 is 1.19 bits per heavy atom. The normalized spacial score (nSPS) is 18.2. The third-order valence-electron chi connectivity index (χ3n) is 6.13. The predicted molar refractivity (Wildman–Crippen MR) is 119 cm³/mol. The molecule has 2 N–H and O–H groups in total. The number of nitrogens with one attached hydrogen (secondary N) is 2. The Hall–Kier alpha value is -3.23. The van der Waals surface area contributed by atoms with Gasteiger partial charge in [-0.15, -0.1) is 0 Å². The highest BCUT2D eigenvalue weighted by molar-refractivity contribution is 6.07. The van der Waals surface area contributed by atoms with E-state index < -0.39 is 11.6 Å². The van der Waals surface area contributed by atoms with Crippen LogP contribution in [0.1, 0.15) is 65.0 Å². The molecule has 0 bridgehead atoms. The summed E-state index contributed by atoms with van der Waals surface area (Å²) < 4.78 is 1.60. The van der Waals surface area contributed by atoms with Gasteiger partial charge >= 0.3 is 6.03 Å². The molecule has 9 nitrogen and oxygen atoms in total. The molecule has 1 aliphatic carbocycles. The van der Waals surface area contributed by atoms with Gasteiger partial charge in [-0.3, -0.25) is 14.5 Å². The summed E-state index contributed by atoms with van der Waals surface area (Å²) in [4.78, 5) is 43.6. The van der Waals surface area contributed by atoms with Gasteiger partial charge < -0.3 is 10.6 Å². The predicted octanol–water partition coefficient (Wildman–Crippen LogP) is 3.15. The van der Waals surface area contributed by atoms with Gasteiger partial charge in [-0.2, -0.15) is 9.78 Å². The van der Waals surface area contributed by atoms with Gasteiger partial charge in [0.15, 0.2) is 5.82 Å². The maximum Gasteiger partial charge on any atom is 0.325 e. The van der Waals surface area contributed by atoms with Gasteiger partial charge in [0.1, 0.15) is 11.4 Å². The van der Waals surface area contributed by atoms with Crippen molar-refractivity contribution in [3.63, 3.8) is 0 Å². The number of nitrogens with zero attached hydrogens (tertiary/aromatic N) is 4. The smallest absolute Gasteiger partial charge is 0.323 e. The Morgan fingerprint density at radius 2 is 1.94 bits per heavy atom. The maximum atomic E-state index is 12.9. The third kappa shape index (κ3) is 4.24. The molecule has 1 aliphatic heterocycles. The second kappa shape index (κ2) is 8.37. The SMILES string of the molecule is CC(C)(C)c1cc(NC(=O)CCN2C(=O)NC3(CCCCC3)C2=O)n(-c2ccccn2)n1. The number of imide groups is 1. The molecule has 1 spiro atoms. The van der Waals surface area contributed by atoms with E-state index in [4.69, 9.17) is 0 Å². The van der Waals surface area contributed by atoms with E-state index in [0.29, 0.717) is 24.5 Å². The van der Waals surface area contributed by atoms with Crippen molar-refractivity contribution >= 4 is 23.7 Å². The molecule has 0 aromatic carbocycles. The van der Waals surface area contributed by atoms with Crippen molar-refractivity contribution in [2.45, 2.75) is 70.3 Å². The summed E-state index contributed by atoms with van der Waals surface area (Å²) >= 11 is 0. The molecule has 32 heavy (non-hydrogen) atoms. The van der Waals surface area contributed by atoms with Crippen LogP contribution < -0.4 is 10.6 Å². The third-order valence-corrected chi connectivity index (χ3v) is 6.13. The zero-order valence-electron chi connectivity index (χ0n) is 18.9. The van der Waals surface area contributed by atoms with Crippen molar-refractivity contribution in [3.05, 3.63) is 36.2 Å². The van der Waals surface area contributed by atoms with E-state index in [0.717, 1.165) is 25.0 Å². The molecule has 3 heterocycles. The monoisotopic (exact) mass is 438 g/mol. The summed E-state index contributed by atoms with van der Waals surface area (Å²) in [6, 6.07) is 6.90. The van der Waals surface area contributed by atoms with E-state index in [1.807, 2.05) is 45.0 Å². The molecular weight excluding hydrogens is 408 g/mol. The molecule has 2 fully saturated rings. The van der Waals surface area contributed by atoms with Crippen LogP contribution in [0.5, 0.6) is 0 Å². The molecule has 4 rings (SSSR count). The molecule has 1 saturated carbocycles. The number of amides is 4. The van der Waals surface area contributed by atoms with Crippen molar-refractivity contribution in [1.82, 2.24) is 25.0 Å². The van der Waals surface area contributed by atoms with Crippen LogP contribution in [0.25, 0.3) is 5.82 Å². The van der Waals surface area contributed by atoms with E-state index in [2.05, 4.69) is 20.7 Å². The lowest BCUT2D eigenvalue weighted by atomic mass is 9.82. The number of hydrogen-bond donors (Lipinski definition) is 2. The van der Waals surface area contributed by atoms with Crippen LogP contribution in [0.15, 0.2) is 30.5 Å². The molecule has 0 unspecified atom stereocenters. The molecule has 2 aromatic rings. The number of pyridine rings is 1. The number of carbonyl (C=O) groups excluding carboxylic acids is 3. The first-order valence-electron chi connectivity index (χ1n) is 11.2. The zero-order valence-corrected chi connectivity index (χ0v) is 18.9. The number of aromatic nitrogens is 3. The topological polar surface area (TPSA) is 109 Å². The lowest BCUT2D eigenvalue weighted by Crippen LogP contribution is -2.48. The highest BCUT2D eigenvalue weighted by Crippen LogP contribution is 2.33. The Kier molecular flexibility index (Phi) is 5.75. The van der Waals surface area contributed by atoms with Crippen LogP contribution in [-0.2, 0) is 15.0 Å². The quantitative estimate of drug-likeness (QED) is 0.697. The lowest BCUT2D eigenvalue weighted by molar-refractivity contribution is -0.132. The Morgan fingerprint density at radius 3 is 2.59 bits per heavy atom. The molecular formula is C23H30N6O3. The van der Waals surface area contributed by atoms with Gasteiger partial charge in [0.2, 0.25) is 5.91 Å². The summed E-state index contributed by atoms with van der Waals surface area (Å²) in [5.74, 6) is 0.586. The van der Waals surface area contributed by atoms with Gasteiger partial charge in [0, 0.05) is 30.6 Å². The first-order chi connectivity index (χ1) is 15.2.